The van der Waals surface area contributed by atoms with Crippen molar-refractivity contribution >= 4 is 5.82 Å². The van der Waals surface area contributed by atoms with Crippen LogP contribution in [0.4, 0.5) is 19.0 Å². The summed E-state index contributed by atoms with van der Waals surface area (Å²) in [6.45, 7) is -0.0764. The third-order valence-electron chi connectivity index (χ3n) is 2.99. The summed E-state index contributed by atoms with van der Waals surface area (Å²) in [6, 6.07) is 0.741. The largest absolute Gasteiger partial charge is 0.417 e. The Morgan fingerprint density at radius 2 is 2.11 bits per heavy atom. The highest BCUT2D eigenvalue weighted by molar-refractivity contribution is 5.55. The molecule has 2 heterocycles. The summed E-state index contributed by atoms with van der Waals surface area (Å²) in [5.41, 5.74) is -0.332. The molecule has 0 saturated carbocycles. The van der Waals surface area contributed by atoms with Crippen LogP contribution >= 0.6 is 0 Å². The number of aromatic nitrogens is 1. The van der Waals surface area contributed by atoms with Gasteiger partial charge in [-0.25, -0.2) is 4.98 Å². The van der Waals surface area contributed by atoms with Crippen molar-refractivity contribution in [1.82, 2.24) is 4.98 Å². The molecule has 0 fully saturated rings. The molecule has 1 atom stereocenters. The highest BCUT2D eigenvalue weighted by Crippen LogP contribution is 2.35. The number of hydrogen-bond acceptors (Lipinski definition) is 4. The van der Waals surface area contributed by atoms with Crippen molar-refractivity contribution in [2.24, 2.45) is 0 Å². The number of hydrogen-bond donors (Lipinski definition) is 2. The van der Waals surface area contributed by atoms with Gasteiger partial charge in [-0.1, -0.05) is 0 Å². The first kappa shape index (κ1) is 13.1. The van der Waals surface area contributed by atoms with E-state index in [2.05, 4.69) is 4.98 Å². The van der Waals surface area contributed by atoms with Crippen LogP contribution in [0.3, 0.4) is 0 Å². The van der Waals surface area contributed by atoms with Gasteiger partial charge in [0, 0.05) is 12.7 Å². The van der Waals surface area contributed by atoms with E-state index < -0.39 is 11.7 Å². The van der Waals surface area contributed by atoms with Gasteiger partial charge in [0.2, 0.25) is 0 Å². The third-order valence-corrected chi connectivity index (χ3v) is 2.99. The van der Waals surface area contributed by atoms with E-state index in [-0.39, 0.29) is 25.8 Å². The van der Waals surface area contributed by atoms with Crippen molar-refractivity contribution in [3.63, 3.8) is 0 Å². The van der Waals surface area contributed by atoms with Gasteiger partial charge in [-0.15, -0.1) is 0 Å². The molecule has 0 amide bonds. The molecule has 0 aromatic carbocycles. The zero-order valence-corrected chi connectivity index (χ0v) is 9.48. The van der Waals surface area contributed by atoms with E-state index in [0.717, 1.165) is 12.3 Å². The SMILES string of the molecule is OCCN1c2ncc(C(F)(F)F)cc2CC1CO. The number of β-amino-alcohol motifs (C(OH)–C–C–N with tert-alkyl or cyclic N) is 1. The van der Waals surface area contributed by atoms with Crippen LogP contribution in [0.15, 0.2) is 12.3 Å². The minimum absolute atomic E-state index is 0.140. The van der Waals surface area contributed by atoms with Crippen LogP contribution in [0, 0.1) is 0 Å². The number of fused-ring (bicyclic) bond motifs is 1. The van der Waals surface area contributed by atoms with Crippen LogP contribution in [-0.4, -0.2) is 41.0 Å². The van der Waals surface area contributed by atoms with Crippen LogP contribution in [0.2, 0.25) is 0 Å². The smallest absolute Gasteiger partial charge is 0.395 e. The lowest BCUT2D eigenvalue weighted by Gasteiger charge is -2.24. The van der Waals surface area contributed by atoms with Gasteiger partial charge in [-0.3, -0.25) is 0 Å². The Hall–Kier alpha value is -1.34. The topological polar surface area (TPSA) is 56.6 Å². The normalized spacial score (nSPS) is 19.2. The number of anilines is 1. The number of alkyl halides is 3. The summed E-state index contributed by atoms with van der Waals surface area (Å²) < 4.78 is 37.6. The Bertz CT molecular complexity index is 437. The van der Waals surface area contributed by atoms with Crippen molar-refractivity contribution in [3.05, 3.63) is 23.4 Å². The molecule has 0 saturated heterocycles. The van der Waals surface area contributed by atoms with Gasteiger partial charge in [0.05, 0.1) is 24.8 Å². The molecular formula is C11H13F3N2O2. The quantitative estimate of drug-likeness (QED) is 0.846. The molecular weight excluding hydrogens is 249 g/mol. The van der Waals surface area contributed by atoms with E-state index in [9.17, 15) is 18.3 Å². The predicted octanol–water partition coefficient (Wildman–Crippen LogP) is 0.816. The van der Waals surface area contributed by atoms with E-state index in [4.69, 9.17) is 5.11 Å². The number of halogens is 3. The molecule has 1 aliphatic rings. The molecule has 0 spiro atoms. The Morgan fingerprint density at radius 3 is 2.67 bits per heavy atom. The van der Waals surface area contributed by atoms with Crippen LogP contribution in [-0.2, 0) is 12.6 Å². The summed E-state index contributed by atoms with van der Waals surface area (Å²) in [5.74, 6) is 0.413. The lowest BCUT2D eigenvalue weighted by molar-refractivity contribution is -0.137. The standard InChI is InChI=1S/C11H13F3N2O2/c12-11(13,14)8-3-7-4-9(6-18)16(1-2-17)10(7)15-5-8/h3,5,9,17-18H,1-2,4,6H2. The highest BCUT2D eigenvalue weighted by Gasteiger charge is 2.35. The average molecular weight is 262 g/mol. The third kappa shape index (κ3) is 2.28. The molecule has 1 unspecified atom stereocenters. The summed E-state index contributed by atoms with van der Waals surface area (Å²) in [7, 11) is 0. The molecule has 1 aromatic rings. The van der Waals surface area contributed by atoms with Gasteiger partial charge in [0.1, 0.15) is 5.82 Å². The van der Waals surface area contributed by atoms with Gasteiger partial charge in [0.15, 0.2) is 0 Å². The fourth-order valence-corrected chi connectivity index (χ4v) is 2.16. The van der Waals surface area contributed by atoms with E-state index >= 15 is 0 Å². The van der Waals surface area contributed by atoms with Gasteiger partial charge in [-0.05, 0) is 18.1 Å². The maximum atomic E-state index is 12.5. The number of rotatable bonds is 3. The molecule has 0 aliphatic carbocycles. The monoisotopic (exact) mass is 262 g/mol. The van der Waals surface area contributed by atoms with Crippen molar-refractivity contribution < 1.29 is 23.4 Å². The number of aliphatic hydroxyl groups is 2. The summed E-state index contributed by atoms with van der Waals surface area (Å²) in [4.78, 5) is 5.44. The van der Waals surface area contributed by atoms with E-state index in [1.165, 1.54) is 0 Å². The molecule has 0 bridgehead atoms. The lowest BCUT2D eigenvalue weighted by Crippen LogP contribution is -2.37. The molecule has 2 N–H and O–H groups in total. The lowest BCUT2D eigenvalue weighted by atomic mass is 10.1. The molecule has 0 radical (unpaired) electrons. The summed E-state index contributed by atoms with van der Waals surface area (Å²) in [5, 5.41) is 18.1. The van der Waals surface area contributed by atoms with Crippen molar-refractivity contribution in [2.75, 3.05) is 24.7 Å². The second-order valence-corrected chi connectivity index (χ2v) is 4.16. The summed E-state index contributed by atoms with van der Waals surface area (Å²) >= 11 is 0. The molecule has 7 heteroatoms. The molecule has 100 valence electrons. The van der Waals surface area contributed by atoms with Gasteiger partial charge in [-0.2, -0.15) is 13.2 Å². The fourth-order valence-electron chi connectivity index (χ4n) is 2.16. The second-order valence-electron chi connectivity index (χ2n) is 4.16. The molecule has 1 aromatic heterocycles. The van der Waals surface area contributed by atoms with E-state index in [0.29, 0.717) is 17.8 Å². The minimum atomic E-state index is -4.42. The zero-order valence-electron chi connectivity index (χ0n) is 9.48. The number of pyridine rings is 1. The average Bonchev–Trinajstić information content (AvgIpc) is 2.66. The Labute approximate surface area is 102 Å². The van der Waals surface area contributed by atoms with Crippen molar-refractivity contribution in [3.8, 4) is 0 Å². The van der Waals surface area contributed by atoms with Gasteiger partial charge >= 0.3 is 6.18 Å². The van der Waals surface area contributed by atoms with Crippen LogP contribution < -0.4 is 4.90 Å². The number of nitrogens with zero attached hydrogens (tertiary/aromatic N) is 2. The molecule has 18 heavy (non-hydrogen) atoms. The van der Waals surface area contributed by atoms with Gasteiger partial charge < -0.3 is 15.1 Å². The first-order chi connectivity index (χ1) is 8.47. The Morgan fingerprint density at radius 1 is 1.39 bits per heavy atom. The zero-order chi connectivity index (χ0) is 13.3. The van der Waals surface area contributed by atoms with Crippen molar-refractivity contribution in [1.29, 1.82) is 0 Å². The number of aliphatic hydroxyl groups excluding tert-OH is 2. The Kier molecular flexibility index (Phi) is 3.45. The van der Waals surface area contributed by atoms with E-state index in [1.54, 1.807) is 4.90 Å². The van der Waals surface area contributed by atoms with E-state index in [1.807, 2.05) is 0 Å². The first-order valence-corrected chi connectivity index (χ1v) is 5.52. The van der Waals surface area contributed by atoms with Crippen molar-refractivity contribution in [2.45, 2.75) is 18.6 Å². The highest BCUT2D eigenvalue weighted by atomic mass is 19.4. The first-order valence-electron chi connectivity index (χ1n) is 5.52. The molecule has 1 aliphatic heterocycles. The maximum Gasteiger partial charge on any atom is 0.417 e. The van der Waals surface area contributed by atoms with Crippen LogP contribution in [0.1, 0.15) is 11.1 Å². The fraction of sp³-hybridized carbons (Fsp3) is 0.545. The minimum Gasteiger partial charge on any atom is -0.395 e. The second kappa shape index (κ2) is 4.74. The summed E-state index contributed by atoms with van der Waals surface area (Å²) in [6.07, 6.45) is -3.33. The molecule has 4 nitrogen and oxygen atoms in total. The van der Waals surface area contributed by atoms with Gasteiger partial charge in [0.25, 0.3) is 0 Å². The van der Waals surface area contributed by atoms with Crippen LogP contribution in [0.5, 0.6) is 0 Å². The maximum absolute atomic E-state index is 12.5. The molecule has 2 rings (SSSR count). The van der Waals surface area contributed by atoms with Crippen LogP contribution in [0.25, 0.3) is 0 Å². The Balaban J connectivity index is 2.34. The predicted molar refractivity (Wildman–Crippen MR) is 58.2 cm³/mol.